The van der Waals surface area contributed by atoms with Gasteiger partial charge in [-0.25, -0.2) is 8.42 Å². The molecule has 0 bridgehead atoms. The number of hydrogen-bond donors (Lipinski definition) is 2. The average molecular weight is 373 g/mol. The first-order valence-electron chi connectivity index (χ1n) is 6.92. The highest BCUT2D eigenvalue weighted by atomic mass is 35.5. The fourth-order valence-electron chi connectivity index (χ4n) is 2.04. The van der Waals surface area contributed by atoms with Crippen molar-refractivity contribution in [3.63, 3.8) is 0 Å². The molecule has 2 aromatic rings. The molecule has 1 heterocycles. The van der Waals surface area contributed by atoms with Crippen molar-refractivity contribution in [1.29, 1.82) is 0 Å². The molecule has 0 aliphatic heterocycles. The minimum atomic E-state index is -3.93. The molecule has 1 aromatic carbocycles. The largest absolute Gasteiger partial charge is 0.276 e. The summed E-state index contributed by atoms with van der Waals surface area (Å²) in [5, 5.41) is 0.104. The summed E-state index contributed by atoms with van der Waals surface area (Å²) in [7, 11) is -3.93. The van der Waals surface area contributed by atoms with Gasteiger partial charge in [0.15, 0.2) is 0 Å². The fraction of sp³-hybridized carbons (Fsp3) is 0.267. The SMILES string of the molecule is CCc1sc(C(=O)NNS(=O)(=O)c2ccc(C)cc2Cl)cc1C. The Morgan fingerprint density at radius 2 is 1.96 bits per heavy atom. The van der Waals surface area contributed by atoms with E-state index in [0.29, 0.717) is 4.88 Å². The quantitative estimate of drug-likeness (QED) is 0.791. The Bertz CT molecular complexity index is 844. The van der Waals surface area contributed by atoms with Gasteiger partial charge in [-0.05, 0) is 49.6 Å². The predicted octanol–water partition coefficient (Wildman–Crippen LogP) is 3.20. The van der Waals surface area contributed by atoms with Crippen LogP contribution in [0.2, 0.25) is 5.02 Å². The van der Waals surface area contributed by atoms with Crippen LogP contribution in [0.1, 0.15) is 32.6 Å². The van der Waals surface area contributed by atoms with Crippen LogP contribution >= 0.6 is 22.9 Å². The zero-order chi connectivity index (χ0) is 17.2. The molecule has 1 amide bonds. The number of thiophene rings is 1. The zero-order valence-corrected chi connectivity index (χ0v) is 15.3. The first kappa shape index (κ1) is 17.9. The molecule has 5 nitrogen and oxygen atoms in total. The molecule has 124 valence electrons. The maximum absolute atomic E-state index is 12.2. The number of nitrogens with one attached hydrogen (secondary N) is 2. The zero-order valence-electron chi connectivity index (χ0n) is 12.9. The molecule has 0 radical (unpaired) electrons. The van der Waals surface area contributed by atoms with Crippen molar-refractivity contribution in [3.05, 3.63) is 50.2 Å². The van der Waals surface area contributed by atoms with E-state index in [2.05, 4.69) is 10.3 Å². The molecule has 0 unspecified atom stereocenters. The number of benzene rings is 1. The smallest absolute Gasteiger partial charge is 0.273 e. The summed E-state index contributed by atoms with van der Waals surface area (Å²) in [4.78, 5) is 15.6. The van der Waals surface area contributed by atoms with E-state index in [9.17, 15) is 13.2 Å². The van der Waals surface area contributed by atoms with Gasteiger partial charge < -0.3 is 0 Å². The lowest BCUT2D eigenvalue weighted by atomic mass is 10.2. The highest BCUT2D eigenvalue weighted by molar-refractivity contribution is 7.89. The summed E-state index contributed by atoms with van der Waals surface area (Å²) in [6, 6.07) is 6.33. The Hall–Kier alpha value is -1.41. The van der Waals surface area contributed by atoms with Crippen LogP contribution in [0.5, 0.6) is 0 Å². The van der Waals surface area contributed by atoms with Crippen molar-refractivity contribution >= 4 is 38.9 Å². The van der Waals surface area contributed by atoms with Gasteiger partial charge in [0.1, 0.15) is 4.90 Å². The summed E-state index contributed by atoms with van der Waals surface area (Å²) in [5.41, 5.74) is 4.09. The number of halogens is 1. The van der Waals surface area contributed by atoms with Crippen LogP contribution in [-0.2, 0) is 16.4 Å². The first-order chi connectivity index (χ1) is 10.7. The van der Waals surface area contributed by atoms with E-state index in [-0.39, 0.29) is 9.92 Å². The number of aryl methyl sites for hydroxylation is 3. The number of rotatable bonds is 5. The fourth-order valence-corrected chi connectivity index (χ4v) is 4.49. The molecule has 0 atom stereocenters. The maximum atomic E-state index is 12.2. The van der Waals surface area contributed by atoms with Crippen molar-refractivity contribution in [2.75, 3.05) is 0 Å². The third-order valence-corrected chi connectivity index (χ3v) is 6.35. The molecule has 0 saturated heterocycles. The number of sulfonamides is 1. The van der Waals surface area contributed by atoms with Gasteiger partial charge in [-0.1, -0.05) is 24.6 Å². The van der Waals surface area contributed by atoms with Crippen LogP contribution in [0.4, 0.5) is 0 Å². The molecule has 0 aliphatic carbocycles. The molecule has 2 N–H and O–H groups in total. The van der Waals surface area contributed by atoms with Crippen LogP contribution in [0.25, 0.3) is 0 Å². The lowest BCUT2D eigenvalue weighted by Crippen LogP contribution is -2.41. The Labute approximate surface area is 144 Å². The molecule has 8 heteroatoms. The maximum Gasteiger partial charge on any atom is 0.276 e. The van der Waals surface area contributed by atoms with E-state index < -0.39 is 15.9 Å². The van der Waals surface area contributed by atoms with Gasteiger partial charge in [-0.3, -0.25) is 10.2 Å². The van der Waals surface area contributed by atoms with Crippen molar-refractivity contribution < 1.29 is 13.2 Å². The van der Waals surface area contributed by atoms with Gasteiger partial charge in [-0.2, -0.15) is 0 Å². The van der Waals surface area contributed by atoms with Gasteiger partial charge in [0.05, 0.1) is 9.90 Å². The summed E-state index contributed by atoms with van der Waals surface area (Å²) in [6.45, 7) is 5.73. The number of amides is 1. The monoisotopic (exact) mass is 372 g/mol. The van der Waals surface area contributed by atoms with Gasteiger partial charge in [0.25, 0.3) is 15.9 Å². The predicted molar refractivity (Wildman–Crippen MR) is 92.4 cm³/mol. The van der Waals surface area contributed by atoms with Crippen LogP contribution in [0, 0.1) is 13.8 Å². The lowest BCUT2D eigenvalue weighted by Gasteiger charge is -2.09. The third-order valence-electron chi connectivity index (χ3n) is 3.24. The molecule has 0 fully saturated rings. The molecular formula is C15H17ClN2O3S2. The van der Waals surface area contributed by atoms with Crippen LogP contribution in [0.15, 0.2) is 29.2 Å². The minimum Gasteiger partial charge on any atom is -0.273 e. The van der Waals surface area contributed by atoms with Crippen molar-refractivity contribution in [3.8, 4) is 0 Å². The van der Waals surface area contributed by atoms with E-state index >= 15 is 0 Å². The first-order valence-corrected chi connectivity index (χ1v) is 9.60. The van der Waals surface area contributed by atoms with E-state index in [4.69, 9.17) is 11.6 Å². The van der Waals surface area contributed by atoms with Gasteiger partial charge >= 0.3 is 0 Å². The van der Waals surface area contributed by atoms with E-state index in [1.165, 1.54) is 17.4 Å². The van der Waals surface area contributed by atoms with Crippen LogP contribution in [-0.4, -0.2) is 14.3 Å². The second-order valence-electron chi connectivity index (χ2n) is 5.06. The summed E-state index contributed by atoms with van der Waals surface area (Å²) < 4.78 is 24.4. The second kappa shape index (κ2) is 7.00. The number of hydrazine groups is 1. The van der Waals surface area contributed by atoms with E-state index in [0.717, 1.165) is 22.4 Å². The molecule has 0 aliphatic rings. The van der Waals surface area contributed by atoms with Crippen molar-refractivity contribution in [2.45, 2.75) is 32.1 Å². The molecule has 2 rings (SSSR count). The van der Waals surface area contributed by atoms with Gasteiger partial charge in [-0.15, -0.1) is 16.2 Å². The van der Waals surface area contributed by atoms with Crippen molar-refractivity contribution in [1.82, 2.24) is 10.3 Å². The van der Waals surface area contributed by atoms with Crippen LogP contribution in [0.3, 0.4) is 0 Å². The third kappa shape index (κ3) is 4.11. The lowest BCUT2D eigenvalue weighted by molar-refractivity contribution is 0.0949. The molecule has 23 heavy (non-hydrogen) atoms. The molecular weight excluding hydrogens is 356 g/mol. The molecule has 0 spiro atoms. The second-order valence-corrected chi connectivity index (χ2v) is 8.26. The normalized spacial score (nSPS) is 11.5. The van der Waals surface area contributed by atoms with Gasteiger partial charge in [0.2, 0.25) is 0 Å². The number of hydrogen-bond acceptors (Lipinski definition) is 4. The summed E-state index contributed by atoms with van der Waals surface area (Å²) in [6.07, 6.45) is 0.828. The summed E-state index contributed by atoms with van der Waals surface area (Å²) >= 11 is 7.31. The Balaban J connectivity index is 2.13. The average Bonchev–Trinajstić information content (AvgIpc) is 2.85. The molecule has 1 aromatic heterocycles. The Kier molecular flexibility index (Phi) is 5.46. The van der Waals surface area contributed by atoms with E-state index in [1.807, 2.05) is 20.8 Å². The minimum absolute atomic E-state index is 0.0818. The number of carbonyl (C=O) groups is 1. The Morgan fingerprint density at radius 3 is 2.52 bits per heavy atom. The summed E-state index contributed by atoms with van der Waals surface area (Å²) in [5.74, 6) is -0.496. The van der Waals surface area contributed by atoms with Gasteiger partial charge in [0, 0.05) is 4.88 Å². The number of carbonyl (C=O) groups excluding carboxylic acids is 1. The highest BCUT2D eigenvalue weighted by Crippen LogP contribution is 2.23. The van der Waals surface area contributed by atoms with Crippen LogP contribution < -0.4 is 10.3 Å². The topological polar surface area (TPSA) is 75.3 Å². The highest BCUT2D eigenvalue weighted by Gasteiger charge is 2.20. The van der Waals surface area contributed by atoms with E-state index in [1.54, 1.807) is 18.2 Å². The Morgan fingerprint density at radius 1 is 1.26 bits per heavy atom. The standard InChI is InChI=1S/C15H17ClN2O3S2/c1-4-12-10(3)8-13(22-12)15(19)17-18-23(20,21)14-6-5-9(2)7-11(14)16/h5-8,18H,4H2,1-3H3,(H,17,19). The molecule has 0 saturated carbocycles. The van der Waals surface area contributed by atoms with Crippen molar-refractivity contribution in [2.24, 2.45) is 0 Å².